The van der Waals surface area contributed by atoms with Crippen LogP contribution in [0.4, 0.5) is 22.8 Å². The fourth-order valence-electron chi connectivity index (χ4n) is 4.74. The van der Waals surface area contributed by atoms with Gasteiger partial charge in [0, 0.05) is 19.3 Å². The fraction of sp³-hybridized carbons (Fsp3) is 0.800. The molecule has 0 radical (unpaired) electrons. The van der Waals surface area contributed by atoms with Gasteiger partial charge in [-0.05, 0) is 47.6 Å². The van der Waals surface area contributed by atoms with Crippen molar-refractivity contribution in [3.63, 3.8) is 0 Å². The number of halogens is 3. The highest BCUT2D eigenvalue weighted by molar-refractivity contribution is 7.87. The zero-order valence-corrected chi connectivity index (χ0v) is 24.7. The van der Waals surface area contributed by atoms with Crippen molar-refractivity contribution in [2.24, 2.45) is 0 Å². The Bertz CT molecular complexity index is 1130. The Kier molecular flexibility index (Phi) is 9.60. The standard InChI is InChI=1S/C13H18F3NO6S.C12H19NO4/c1-12(2,3)22-11(18)17-8-4-10(5-9(17)7-21-6-8)23-24(19,20)13(14,15)16;1-12(2,3)17-11(15)13-8-4-10(14)5-9(13)7-16-6-8/h4,8-9H,5-7H2,1-3H3;8-9H,4-7H2,1-3H3. The first-order valence-electron chi connectivity index (χ1n) is 13.1. The van der Waals surface area contributed by atoms with Crippen LogP contribution in [0.1, 0.15) is 60.8 Å². The second-order valence-corrected chi connectivity index (χ2v) is 13.7. The number of fused-ring (bicyclic) bond motifs is 4. The average molecular weight is 615 g/mol. The van der Waals surface area contributed by atoms with Gasteiger partial charge < -0.3 is 23.1 Å². The summed E-state index contributed by atoms with van der Waals surface area (Å²) in [5.41, 5.74) is -6.76. The maximum absolute atomic E-state index is 12.4. The molecule has 4 atom stereocenters. The maximum Gasteiger partial charge on any atom is 0.534 e. The first kappa shape index (κ1) is 32.9. The van der Waals surface area contributed by atoms with Crippen LogP contribution in [0.3, 0.4) is 0 Å². The van der Waals surface area contributed by atoms with Crippen LogP contribution >= 0.6 is 0 Å². The van der Waals surface area contributed by atoms with Gasteiger partial charge in [-0.3, -0.25) is 14.6 Å². The van der Waals surface area contributed by atoms with Crippen LogP contribution in [0.15, 0.2) is 11.8 Å². The SMILES string of the molecule is CC(C)(C)OC(=O)N1C2C=C(OS(=O)(=O)C(F)(F)F)CC1COC2.CC(C)(C)OC(=O)N1C2COCC1CC(=O)C2. The van der Waals surface area contributed by atoms with Gasteiger partial charge in [-0.1, -0.05) is 0 Å². The molecule has 16 heteroatoms. The number of hydrogen-bond donors (Lipinski definition) is 0. The predicted octanol–water partition coefficient (Wildman–Crippen LogP) is 3.50. The van der Waals surface area contributed by atoms with E-state index in [0.717, 1.165) is 6.08 Å². The summed E-state index contributed by atoms with van der Waals surface area (Å²) < 4.78 is 85.0. The molecule has 0 spiro atoms. The number of carbonyl (C=O) groups excluding carboxylic acids is 3. The number of ketones is 1. The van der Waals surface area contributed by atoms with Crippen LogP contribution in [0.2, 0.25) is 0 Å². The molecule has 12 nitrogen and oxygen atoms in total. The summed E-state index contributed by atoms with van der Waals surface area (Å²) in [4.78, 5) is 38.9. The minimum atomic E-state index is -5.74. The summed E-state index contributed by atoms with van der Waals surface area (Å²) in [6, 6.07) is -1.72. The van der Waals surface area contributed by atoms with Crippen molar-refractivity contribution in [2.75, 3.05) is 26.4 Å². The molecule has 4 bridgehead atoms. The van der Waals surface area contributed by atoms with Crippen LogP contribution in [-0.2, 0) is 38.0 Å². The summed E-state index contributed by atoms with van der Waals surface area (Å²) >= 11 is 0. The van der Waals surface area contributed by atoms with Gasteiger partial charge >= 0.3 is 27.8 Å². The first-order chi connectivity index (χ1) is 18.7. The number of rotatable bonds is 2. The van der Waals surface area contributed by atoms with Crippen LogP contribution in [-0.4, -0.2) is 103 Å². The minimum absolute atomic E-state index is 0.00860. The smallest absolute Gasteiger partial charge is 0.444 e. The summed E-state index contributed by atoms with van der Waals surface area (Å²) in [5.74, 6) is -0.145. The Morgan fingerprint density at radius 1 is 0.805 bits per heavy atom. The number of Topliss-reactive ketones (excluding diaryl/α,β-unsaturated/α-hetero) is 1. The summed E-state index contributed by atoms with van der Waals surface area (Å²) in [5, 5.41) is 0. The molecule has 3 saturated heterocycles. The summed E-state index contributed by atoms with van der Waals surface area (Å²) in [6.45, 7) is 11.5. The first-order valence-corrected chi connectivity index (χ1v) is 14.5. The molecule has 4 heterocycles. The highest BCUT2D eigenvalue weighted by Gasteiger charge is 2.50. The van der Waals surface area contributed by atoms with E-state index in [-0.39, 0.29) is 49.4 Å². The second-order valence-electron chi connectivity index (χ2n) is 12.1. The number of nitrogens with zero attached hydrogens (tertiary/aromatic N) is 2. The van der Waals surface area contributed by atoms with Crippen molar-refractivity contribution in [3.05, 3.63) is 11.8 Å². The molecule has 0 aromatic heterocycles. The molecule has 4 aliphatic rings. The van der Waals surface area contributed by atoms with Gasteiger partial charge in [0.2, 0.25) is 0 Å². The number of amides is 2. The van der Waals surface area contributed by atoms with Crippen molar-refractivity contribution in [3.8, 4) is 0 Å². The largest absolute Gasteiger partial charge is 0.534 e. The van der Waals surface area contributed by atoms with Gasteiger partial charge in [0.05, 0.1) is 50.6 Å². The molecule has 0 aliphatic carbocycles. The lowest BCUT2D eigenvalue weighted by atomic mass is 9.94. The molecule has 4 rings (SSSR count). The molecule has 2 amide bonds. The topological polar surface area (TPSA) is 138 Å². The number of hydrogen-bond acceptors (Lipinski definition) is 10. The molecule has 0 N–H and O–H groups in total. The van der Waals surface area contributed by atoms with E-state index in [4.69, 9.17) is 18.9 Å². The van der Waals surface area contributed by atoms with Crippen molar-refractivity contribution in [2.45, 2.75) is 102 Å². The zero-order valence-electron chi connectivity index (χ0n) is 23.9. The zero-order chi connectivity index (χ0) is 31.0. The molecule has 0 saturated carbocycles. The molecular formula is C25H37F3N2O10S. The van der Waals surface area contributed by atoms with Crippen molar-refractivity contribution in [1.29, 1.82) is 0 Å². The van der Waals surface area contributed by atoms with E-state index in [1.54, 1.807) is 25.7 Å². The van der Waals surface area contributed by atoms with Crippen LogP contribution in [0.5, 0.6) is 0 Å². The normalized spacial score (nSPS) is 26.8. The number of carbonyl (C=O) groups is 3. The monoisotopic (exact) mass is 614 g/mol. The lowest BCUT2D eigenvalue weighted by Gasteiger charge is -2.44. The molecule has 4 unspecified atom stereocenters. The Hall–Kier alpha value is -2.59. The molecular weight excluding hydrogens is 577 g/mol. The number of ether oxygens (including phenoxy) is 4. The van der Waals surface area contributed by atoms with Crippen LogP contribution < -0.4 is 0 Å². The Balaban J connectivity index is 0.000000239. The lowest BCUT2D eigenvalue weighted by molar-refractivity contribution is -0.134. The van der Waals surface area contributed by atoms with Gasteiger partial charge in [-0.15, -0.1) is 0 Å². The van der Waals surface area contributed by atoms with Crippen LogP contribution in [0, 0.1) is 0 Å². The average Bonchev–Trinajstić information content (AvgIpc) is 2.74. The quantitative estimate of drug-likeness (QED) is 0.336. The summed E-state index contributed by atoms with van der Waals surface area (Å²) in [7, 11) is -5.74. The molecule has 3 fully saturated rings. The van der Waals surface area contributed by atoms with Crippen molar-refractivity contribution in [1.82, 2.24) is 9.80 Å². The highest BCUT2D eigenvalue weighted by Crippen LogP contribution is 2.33. The fourth-order valence-corrected chi connectivity index (χ4v) is 5.24. The third-order valence-corrected chi connectivity index (χ3v) is 7.21. The van der Waals surface area contributed by atoms with Gasteiger partial charge in [0.1, 0.15) is 22.7 Å². The predicted molar refractivity (Wildman–Crippen MR) is 136 cm³/mol. The number of piperidine rings is 1. The Morgan fingerprint density at radius 3 is 1.68 bits per heavy atom. The van der Waals surface area contributed by atoms with Crippen molar-refractivity contribution >= 4 is 28.1 Å². The molecule has 0 aromatic carbocycles. The molecule has 41 heavy (non-hydrogen) atoms. The van der Waals surface area contributed by atoms with E-state index < -0.39 is 45.0 Å². The van der Waals surface area contributed by atoms with E-state index >= 15 is 0 Å². The van der Waals surface area contributed by atoms with E-state index in [1.165, 1.54) is 4.90 Å². The third kappa shape index (κ3) is 8.70. The van der Waals surface area contributed by atoms with Gasteiger partial charge in [0.15, 0.2) is 0 Å². The van der Waals surface area contributed by atoms with E-state index in [0.29, 0.717) is 26.1 Å². The van der Waals surface area contributed by atoms with E-state index in [2.05, 4.69) is 4.18 Å². The number of morpholine rings is 2. The highest BCUT2D eigenvalue weighted by atomic mass is 32.2. The summed E-state index contributed by atoms with van der Waals surface area (Å²) in [6.07, 6.45) is 0.720. The number of alkyl halides is 3. The van der Waals surface area contributed by atoms with Crippen molar-refractivity contribution < 1.29 is 59.1 Å². The van der Waals surface area contributed by atoms with Gasteiger partial charge in [-0.2, -0.15) is 21.6 Å². The molecule has 0 aromatic rings. The minimum Gasteiger partial charge on any atom is -0.444 e. The lowest BCUT2D eigenvalue weighted by Crippen LogP contribution is -2.60. The van der Waals surface area contributed by atoms with Crippen LogP contribution in [0.25, 0.3) is 0 Å². The Labute approximate surface area is 237 Å². The maximum atomic E-state index is 12.4. The molecule has 234 valence electrons. The second kappa shape index (κ2) is 12.0. The molecule has 4 aliphatic heterocycles. The van der Waals surface area contributed by atoms with Gasteiger partial charge in [0.25, 0.3) is 0 Å². The third-order valence-electron chi connectivity index (χ3n) is 6.21. The van der Waals surface area contributed by atoms with Gasteiger partial charge in [-0.25, -0.2) is 9.59 Å². The van der Waals surface area contributed by atoms with E-state index in [1.807, 2.05) is 20.8 Å². The Morgan fingerprint density at radius 2 is 1.24 bits per heavy atom. The van der Waals surface area contributed by atoms with E-state index in [9.17, 15) is 36.0 Å².